The summed E-state index contributed by atoms with van der Waals surface area (Å²) in [4.78, 5) is 0. The normalized spacial score (nSPS) is 9.71. The molecule has 2 heteroatoms. The summed E-state index contributed by atoms with van der Waals surface area (Å²) in [5.74, 6) is 0.760. The third kappa shape index (κ3) is 1.85. The van der Waals surface area contributed by atoms with Crippen LogP contribution in [0, 0.1) is 6.07 Å². The molecule has 68 valence electrons. The Balaban J connectivity index is 2.24. The van der Waals surface area contributed by atoms with Gasteiger partial charge in [-0.05, 0) is 18.2 Å². The fourth-order valence-corrected chi connectivity index (χ4v) is 1.09. The molecule has 0 heterocycles. The molecule has 0 aromatic heterocycles. The first-order valence-electron chi connectivity index (χ1n) is 4.27. The molecule has 0 atom stereocenters. The van der Waals surface area contributed by atoms with Crippen LogP contribution in [0.1, 0.15) is 0 Å². The second-order valence-corrected chi connectivity index (χ2v) is 2.78. The number of para-hydroxylation sites is 3. The first-order valence-corrected chi connectivity index (χ1v) is 4.27. The van der Waals surface area contributed by atoms with Crippen molar-refractivity contribution in [2.75, 3.05) is 0 Å². The van der Waals surface area contributed by atoms with Crippen LogP contribution in [-0.2, 0) is 5.11 Å². The van der Waals surface area contributed by atoms with Crippen molar-refractivity contribution in [2.24, 2.45) is 0 Å². The minimum atomic E-state index is -0.121. The number of ether oxygens (including phenoxy) is 1. The van der Waals surface area contributed by atoms with Crippen molar-refractivity contribution in [3.8, 4) is 17.2 Å². The largest absolute Gasteiger partial charge is 0.453 e. The van der Waals surface area contributed by atoms with Crippen molar-refractivity contribution in [2.45, 2.75) is 0 Å². The zero-order valence-electron chi connectivity index (χ0n) is 7.44. The van der Waals surface area contributed by atoms with E-state index in [0.29, 0.717) is 11.5 Å². The maximum absolute atomic E-state index is 11.3. The smallest absolute Gasteiger partial charge is 0.221 e. The summed E-state index contributed by atoms with van der Waals surface area (Å²) in [5.41, 5.74) is 0. The van der Waals surface area contributed by atoms with Crippen LogP contribution in [0.5, 0.6) is 17.2 Å². The Bertz CT molecular complexity index is 410. The number of hydrogen-bond donors (Lipinski definition) is 0. The molecule has 0 saturated heterocycles. The molecule has 0 aliphatic rings. The Morgan fingerprint density at radius 1 is 1.00 bits per heavy atom. The Hall–Kier alpha value is -1.96. The lowest BCUT2D eigenvalue weighted by Gasteiger charge is -2.04. The van der Waals surface area contributed by atoms with Crippen LogP contribution in [-0.4, -0.2) is 0 Å². The Labute approximate surface area is 82.4 Å². The van der Waals surface area contributed by atoms with Crippen molar-refractivity contribution in [3.63, 3.8) is 0 Å². The predicted octanol–water partition coefficient (Wildman–Crippen LogP) is 3.42. The topological polar surface area (TPSA) is 29.1 Å². The van der Waals surface area contributed by atoms with E-state index in [1.165, 1.54) is 6.07 Å². The standard InChI is InChI=1S/C12H8O2/c13-11-8-4-5-9-12(11)14-10-6-2-1-3-7-10/h1-6,8-9H. The van der Waals surface area contributed by atoms with Gasteiger partial charge in [-0.15, -0.1) is 0 Å². The highest BCUT2D eigenvalue weighted by Gasteiger charge is 2.02. The molecule has 0 spiro atoms. The van der Waals surface area contributed by atoms with Crippen LogP contribution >= 0.6 is 0 Å². The van der Waals surface area contributed by atoms with Gasteiger partial charge >= 0.3 is 0 Å². The zero-order valence-corrected chi connectivity index (χ0v) is 7.44. The predicted molar refractivity (Wildman–Crippen MR) is 51.9 cm³/mol. The van der Waals surface area contributed by atoms with E-state index >= 15 is 0 Å². The second kappa shape index (κ2) is 3.83. The molecule has 0 aliphatic carbocycles. The lowest BCUT2D eigenvalue weighted by Crippen LogP contribution is -1.83. The SMILES string of the molecule is [O]c1ccccc1Oc1[c]cccc1. The number of benzene rings is 2. The minimum Gasteiger partial charge on any atom is -0.453 e. The van der Waals surface area contributed by atoms with Crippen LogP contribution in [0.25, 0.3) is 0 Å². The van der Waals surface area contributed by atoms with E-state index in [9.17, 15) is 5.11 Å². The van der Waals surface area contributed by atoms with Gasteiger partial charge < -0.3 is 4.74 Å². The van der Waals surface area contributed by atoms with Gasteiger partial charge in [0.25, 0.3) is 0 Å². The van der Waals surface area contributed by atoms with Crippen LogP contribution < -0.4 is 4.74 Å². The number of hydrogen-bond acceptors (Lipinski definition) is 1. The molecule has 0 N–H and O–H groups in total. The van der Waals surface area contributed by atoms with Crippen LogP contribution in [0.3, 0.4) is 0 Å². The van der Waals surface area contributed by atoms with Crippen molar-refractivity contribution < 1.29 is 9.84 Å². The highest BCUT2D eigenvalue weighted by atomic mass is 16.5. The average molecular weight is 184 g/mol. The molecule has 2 radical (unpaired) electrons. The van der Waals surface area contributed by atoms with Crippen molar-refractivity contribution in [1.29, 1.82) is 0 Å². The van der Waals surface area contributed by atoms with Gasteiger partial charge in [-0.3, -0.25) is 5.11 Å². The molecule has 14 heavy (non-hydrogen) atoms. The average Bonchev–Trinajstić information content (AvgIpc) is 2.23. The van der Waals surface area contributed by atoms with E-state index in [-0.39, 0.29) is 5.75 Å². The third-order valence-corrected chi connectivity index (χ3v) is 1.75. The van der Waals surface area contributed by atoms with E-state index in [1.54, 1.807) is 30.3 Å². The summed E-state index contributed by atoms with van der Waals surface area (Å²) in [6, 6.07) is 16.6. The quantitative estimate of drug-likeness (QED) is 0.703. The fraction of sp³-hybridized carbons (Fsp3) is 0. The molecule has 0 unspecified atom stereocenters. The Morgan fingerprint density at radius 2 is 1.79 bits per heavy atom. The summed E-state index contributed by atoms with van der Waals surface area (Å²) in [6.45, 7) is 0. The van der Waals surface area contributed by atoms with Crippen molar-refractivity contribution in [3.05, 3.63) is 54.6 Å². The van der Waals surface area contributed by atoms with Gasteiger partial charge in [0.05, 0.1) is 0 Å². The van der Waals surface area contributed by atoms with Crippen LogP contribution in [0.2, 0.25) is 0 Å². The lowest BCUT2D eigenvalue weighted by molar-refractivity contribution is 0.329. The van der Waals surface area contributed by atoms with Gasteiger partial charge in [-0.2, -0.15) is 0 Å². The van der Waals surface area contributed by atoms with E-state index in [0.717, 1.165) is 0 Å². The molecule has 0 bridgehead atoms. The van der Waals surface area contributed by atoms with E-state index in [2.05, 4.69) is 6.07 Å². The van der Waals surface area contributed by atoms with Gasteiger partial charge in [0.1, 0.15) is 5.75 Å². The monoisotopic (exact) mass is 184 g/mol. The Morgan fingerprint density at radius 3 is 2.50 bits per heavy atom. The summed E-state index contributed by atoms with van der Waals surface area (Å²) in [6.07, 6.45) is 0. The summed E-state index contributed by atoms with van der Waals surface area (Å²) in [5, 5.41) is 11.3. The van der Waals surface area contributed by atoms with Gasteiger partial charge in [0.2, 0.25) is 5.75 Å². The maximum atomic E-state index is 11.3. The zero-order chi connectivity index (χ0) is 9.80. The van der Waals surface area contributed by atoms with E-state index in [1.807, 2.05) is 12.1 Å². The molecule has 0 saturated carbocycles. The minimum absolute atomic E-state index is 0.121. The Kier molecular flexibility index (Phi) is 2.36. The fourth-order valence-electron chi connectivity index (χ4n) is 1.09. The molecule has 0 aliphatic heterocycles. The second-order valence-electron chi connectivity index (χ2n) is 2.78. The van der Waals surface area contributed by atoms with Crippen molar-refractivity contribution in [1.82, 2.24) is 0 Å². The highest BCUT2D eigenvalue weighted by molar-refractivity contribution is 5.40. The van der Waals surface area contributed by atoms with Crippen LogP contribution in [0.4, 0.5) is 0 Å². The summed E-state index contributed by atoms with van der Waals surface area (Å²) in [7, 11) is 0. The molecule has 2 aromatic rings. The van der Waals surface area contributed by atoms with Gasteiger partial charge in [0.15, 0.2) is 5.75 Å². The highest BCUT2D eigenvalue weighted by Crippen LogP contribution is 2.29. The molecular formula is C12H8O2. The lowest BCUT2D eigenvalue weighted by atomic mass is 10.3. The third-order valence-electron chi connectivity index (χ3n) is 1.75. The van der Waals surface area contributed by atoms with Gasteiger partial charge in [-0.25, -0.2) is 0 Å². The molecule has 2 rings (SSSR count). The van der Waals surface area contributed by atoms with Crippen molar-refractivity contribution >= 4 is 0 Å². The molecule has 2 aromatic carbocycles. The molecule has 0 amide bonds. The first-order chi connectivity index (χ1) is 6.86. The summed E-state index contributed by atoms with van der Waals surface area (Å²) >= 11 is 0. The summed E-state index contributed by atoms with van der Waals surface area (Å²) < 4.78 is 5.34. The van der Waals surface area contributed by atoms with Gasteiger partial charge in [0, 0.05) is 6.07 Å². The number of rotatable bonds is 2. The molecule has 2 nitrogen and oxygen atoms in total. The first kappa shape index (κ1) is 8.63. The van der Waals surface area contributed by atoms with E-state index in [4.69, 9.17) is 4.74 Å². The van der Waals surface area contributed by atoms with Crippen LogP contribution in [0.15, 0.2) is 48.5 Å². The van der Waals surface area contributed by atoms with Gasteiger partial charge in [-0.1, -0.05) is 30.3 Å². The maximum Gasteiger partial charge on any atom is 0.221 e. The van der Waals surface area contributed by atoms with E-state index < -0.39 is 0 Å². The molecular weight excluding hydrogens is 176 g/mol. The molecule has 0 fully saturated rings.